The molecule has 176 valence electrons. The second-order valence-corrected chi connectivity index (χ2v) is 7.63. The van der Waals surface area contributed by atoms with E-state index in [0.717, 1.165) is 76.4 Å². The molecule has 2 aromatic rings. The van der Waals surface area contributed by atoms with E-state index in [1.54, 1.807) is 19.5 Å². The van der Waals surface area contributed by atoms with Gasteiger partial charge in [-0.2, -0.15) is 0 Å². The number of anilines is 1. The molecule has 2 heterocycles. The Labute approximate surface area is 208 Å². The summed E-state index contributed by atoms with van der Waals surface area (Å²) in [4.78, 5) is 18.1. The van der Waals surface area contributed by atoms with Gasteiger partial charge in [0, 0.05) is 58.2 Å². The molecule has 0 unspecified atom stereocenters. The quantitative estimate of drug-likeness (QED) is 0.281. The first-order chi connectivity index (χ1) is 15.2. The summed E-state index contributed by atoms with van der Waals surface area (Å²) < 4.78 is 5.48. The molecule has 1 saturated heterocycles. The molecule has 8 nitrogen and oxygen atoms in total. The molecule has 0 radical (unpaired) electrons. The van der Waals surface area contributed by atoms with Crippen LogP contribution < -0.4 is 20.3 Å². The minimum absolute atomic E-state index is 0. The van der Waals surface area contributed by atoms with Gasteiger partial charge in [0.25, 0.3) is 0 Å². The number of hydrogen-bond donors (Lipinski definition) is 2. The number of nitrogens with one attached hydrogen (secondary N) is 2. The van der Waals surface area contributed by atoms with Crippen molar-refractivity contribution in [2.75, 3.05) is 64.4 Å². The third-order valence-corrected chi connectivity index (χ3v) is 5.36. The van der Waals surface area contributed by atoms with Crippen LogP contribution in [-0.2, 0) is 6.42 Å². The Hall–Kier alpha value is -2.14. The number of ether oxygens (including phenoxy) is 1. The van der Waals surface area contributed by atoms with Gasteiger partial charge >= 0.3 is 0 Å². The lowest BCUT2D eigenvalue weighted by atomic mass is 10.1. The maximum absolute atomic E-state index is 5.48. The van der Waals surface area contributed by atoms with E-state index in [1.807, 2.05) is 12.1 Å². The lowest BCUT2D eigenvalue weighted by Crippen LogP contribution is -2.47. The summed E-state index contributed by atoms with van der Waals surface area (Å²) in [7, 11) is 1.72. The first-order valence-corrected chi connectivity index (χ1v) is 11.1. The van der Waals surface area contributed by atoms with Crippen molar-refractivity contribution in [3.63, 3.8) is 0 Å². The average Bonchev–Trinajstić information content (AvgIpc) is 2.80. The van der Waals surface area contributed by atoms with Crippen molar-refractivity contribution in [2.24, 2.45) is 4.99 Å². The Morgan fingerprint density at radius 3 is 2.56 bits per heavy atom. The van der Waals surface area contributed by atoms with Crippen molar-refractivity contribution >= 4 is 35.9 Å². The van der Waals surface area contributed by atoms with Crippen molar-refractivity contribution in [3.05, 3.63) is 47.8 Å². The van der Waals surface area contributed by atoms with Gasteiger partial charge in [-0.05, 0) is 38.0 Å². The number of methoxy groups -OCH3 is 1. The van der Waals surface area contributed by atoms with Crippen LogP contribution in [0.3, 0.4) is 0 Å². The molecule has 32 heavy (non-hydrogen) atoms. The lowest BCUT2D eigenvalue weighted by molar-refractivity contribution is 0.263. The SMILES string of the molecule is CCNC(=NCCN1CCN(c2ncccn2)CC1)NCCc1cc(C)ccc1OC.I. The summed E-state index contributed by atoms with van der Waals surface area (Å²) in [5.41, 5.74) is 2.46. The van der Waals surface area contributed by atoms with Crippen LogP contribution in [0.15, 0.2) is 41.7 Å². The maximum atomic E-state index is 5.48. The van der Waals surface area contributed by atoms with Gasteiger partial charge in [-0.15, -0.1) is 24.0 Å². The number of benzene rings is 1. The number of rotatable bonds is 9. The number of aryl methyl sites for hydroxylation is 1. The number of aromatic nitrogens is 2. The van der Waals surface area contributed by atoms with E-state index in [1.165, 1.54) is 11.1 Å². The molecular weight excluding hydrogens is 517 g/mol. The second-order valence-electron chi connectivity index (χ2n) is 7.63. The standard InChI is InChI=1S/C23H35N7O.HI/c1-4-24-22(25-11-8-20-18-19(2)6-7-21(20)31-3)26-12-13-29-14-16-30(17-15-29)23-27-9-5-10-28-23;/h5-7,9-10,18H,4,8,11-17H2,1-3H3,(H2,24,25,26);1H. The zero-order valence-electron chi connectivity index (χ0n) is 19.4. The first kappa shape index (κ1) is 26.1. The van der Waals surface area contributed by atoms with Crippen LogP contribution in [0.25, 0.3) is 0 Å². The summed E-state index contributed by atoms with van der Waals surface area (Å²) in [5.74, 6) is 2.63. The third kappa shape index (κ3) is 8.09. The van der Waals surface area contributed by atoms with E-state index < -0.39 is 0 Å². The Morgan fingerprint density at radius 1 is 1.12 bits per heavy atom. The van der Waals surface area contributed by atoms with Gasteiger partial charge < -0.3 is 20.3 Å². The Kier molecular flexibility index (Phi) is 11.5. The molecule has 3 rings (SSSR count). The highest BCUT2D eigenvalue weighted by Gasteiger charge is 2.18. The van der Waals surface area contributed by atoms with Crippen LogP contribution in [0, 0.1) is 6.92 Å². The van der Waals surface area contributed by atoms with E-state index >= 15 is 0 Å². The van der Waals surface area contributed by atoms with Crippen molar-refractivity contribution in [3.8, 4) is 5.75 Å². The van der Waals surface area contributed by atoms with Gasteiger partial charge in [0.05, 0.1) is 13.7 Å². The highest BCUT2D eigenvalue weighted by atomic mass is 127. The fourth-order valence-electron chi connectivity index (χ4n) is 3.69. The van der Waals surface area contributed by atoms with Gasteiger partial charge in [-0.1, -0.05) is 17.7 Å². The fraction of sp³-hybridized carbons (Fsp3) is 0.522. The Balaban J connectivity index is 0.00000363. The molecule has 9 heteroatoms. The van der Waals surface area contributed by atoms with E-state index in [2.05, 4.69) is 56.4 Å². The van der Waals surface area contributed by atoms with E-state index in [0.29, 0.717) is 0 Å². The molecule has 0 spiro atoms. The van der Waals surface area contributed by atoms with Crippen LogP contribution in [0.4, 0.5) is 5.95 Å². The van der Waals surface area contributed by atoms with Gasteiger partial charge in [0.1, 0.15) is 5.75 Å². The van der Waals surface area contributed by atoms with Crippen LogP contribution in [0.2, 0.25) is 0 Å². The highest BCUT2D eigenvalue weighted by molar-refractivity contribution is 14.0. The van der Waals surface area contributed by atoms with Crippen LogP contribution in [-0.4, -0.2) is 80.3 Å². The molecular formula is C23H36IN7O. The van der Waals surface area contributed by atoms with Crippen LogP contribution in [0.1, 0.15) is 18.1 Å². The van der Waals surface area contributed by atoms with Crippen molar-refractivity contribution in [1.29, 1.82) is 0 Å². The topological polar surface area (TPSA) is 77.9 Å². The molecule has 0 atom stereocenters. The smallest absolute Gasteiger partial charge is 0.225 e. The Bertz CT molecular complexity index is 826. The monoisotopic (exact) mass is 553 g/mol. The van der Waals surface area contributed by atoms with Gasteiger partial charge in [0.15, 0.2) is 5.96 Å². The maximum Gasteiger partial charge on any atom is 0.225 e. The molecule has 0 saturated carbocycles. The second kappa shape index (κ2) is 14.1. The van der Waals surface area contributed by atoms with E-state index in [9.17, 15) is 0 Å². The van der Waals surface area contributed by atoms with Crippen molar-refractivity contribution in [2.45, 2.75) is 20.3 Å². The fourth-order valence-corrected chi connectivity index (χ4v) is 3.69. The van der Waals surface area contributed by atoms with Gasteiger partial charge in [-0.3, -0.25) is 9.89 Å². The number of piperazine rings is 1. The summed E-state index contributed by atoms with van der Waals surface area (Å²) in [5, 5.41) is 6.79. The molecule has 1 aromatic heterocycles. The summed E-state index contributed by atoms with van der Waals surface area (Å²) in [6.07, 6.45) is 4.49. The summed E-state index contributed by atoms with van der Waals surface area (Å²) in [6.45, 7) is 11.5. The molecule has 0 aliphatic carbocycles. The summed E-state index contributed by atoms with van der Waals surface area (Å²) in [6, 6.07) is 8.15. The summed E-state index contributed by atoms with van der Waals surface area (Å²) >= 11 is 0. The molecule has 2 N–H and O–H groups in total. The molecule has 1 fully saturated rings. The Morgan fingerprint density at radius 2 is 1.88 bits per heavy atom. The number of guanidine groups is 1. The van der Waals surface area contributed by atoms with Crippen molar-refractivity contribution in [1.82, 2.24) is 25.5 Å². The van der Waals surface area contributed by atoms with Gasteiger partial charge in [0.2, 0.25) is 5.95 Å². The predicted molar refractivity (Wildman–Crippen MR) is 142 cm³/mol. The highest BCUT2D eigenvalue weighted by Crippen LogP contribution is 2.19. The largest absolute Gasteiger partial charge is 0.496 e. The molecule has 0 bridgehead atoms. The number of hydrogen-bond acceptors (Lipinski definition) is 6. The molecule has 1 aliphatic rings. The van der Waals surface area contributed by atoms with E-state index in [-0.39, 0.29) is 24.0 Å². The lowest BCUT2D eigenvalue weighted by Gasteiger charge is -2.34. The first-order valence-electron chi connectivity index (χ1n) is 11.1. The number of halogens is 1. The van der Waals surface area contributed by atoms with Crippen LogP contribution in [0.5, 0.6) is 5.75 Å². The zero-order chi connectivity index (χ0) is 21.9. The number of aliphatic imine (C=N–C) groups is 1. The minimum atomic E-state index is 0. The molecule has 0 amide bonds. The average molecular weight is 553 g/mol. The minimum Gasteiger partial charge on any atom is -0.496 e. The van der Waals surface area contributed by atoms with Crippen molar-refractivity contribution < 1.29 is 4.74 Å². The van der Waals surface area contributed by atoms with Gasteiger partial charge in [-0.25, -0.2) is 9.97 Å². The van der Waals surface area contributed by atoms with Crippen LogP contribution >= 0.6 is 24.0 Å². The normalized spacial score (nSPS) is 14.6. The third-order valence-electron chi connectivity index (χ3n) is 5.36. The molecule has 1 aliphatic heterocycles. The number of nitrogens with zero attached hydrogens (tertiary/aromatic N) is 5. The van der Waals surface area contributed by atoms with E-state index in [4.69, 9.17) is 9.73 Å². The predicted octanol–water partition coefficient (Wildman–Crippen LogP) is 2.33. The molecule has 1 aromatic carbocycles. The zero-order valence-corrected chi connectivity index (χ0v) is 21.7.